The Morgan fingerprint density at radius 3 is 2.52 bits per heavy atom. The van der Waals surface area contributed by atoms with Crippen LogP contribution in [0.1, 0.15) is 17.4 Å². The van der Waals surface area contributed by atoms with E-state index in [9.17, 15) is 4.79 Å². The van der Waals surface area contributed by atoms with Crippen LogP contribution >= 0.6 is 0 Å². The monoisotopic (exact) mass is 287 g/mol. The molecule has 0 fully saturated rings. The van der Waals surface area contributed by atoms with Crippen LogP contribution in [0.5, 0.6) is 0 Å². The Morgan fingerprint density at radius 2 is 1.90 bits per heavy atom. The molecular formula is C16H21N3O2. The van der Waals surface area contributed by atoms with Crippen molar-refractivity contribution in [3.05, 3.63) is 60.1 Å². The van der Waals surface area contributed by atoms with E-state index in [0.29, 0.717) is 13.1 Å². The number of nitrogens with zero attached hydrogens (tertiary/aromatic N) is 1. The minimum atomic E-state index is -0.200. The summed E-state index contributed by atoms with van der Waals surface area (Å²) < 4.78 is 5.17. The molecule has 1 unspecified atom stereocenters. The van der Waals surface area contributed by atoms with Gasteiger partial charge in [0.25, 0.3) is 0 Å². The molecule has 0 aliphatic heterocycles. The van der Waals surface area contributed by atoms with Crippen molar-refractivity contribution >= 4 is 6.03 Å². The molecule has 5 heteroatoms. The van der Waals surface area contributed by atoms with E-state index in [-0.39, 0.29) is 12.1 Å². The largest absolute Gasteiger partial charge is 0.467 e. The number of carbonyl (C=O) groups excluding carboxylic acids is 1. The standard InChI is InChI=1S/C16H21N3O2/c1-19(2)15(13-7-4-3-5-8-13)12-18-16(20)17-11-14-9-6-10-21-14/h3-10,15H,11-12H2,1-2H3,(H2,17,18,20). The topological polar surface area (TPSA) is 57.5 Å². The lowest BCUT2D eigenvalue weighted by atomic mass is 10.1. The summed E-state index contributed by atoms with van der Waals surface area (Å²) in [5, 5.41) is 5.66. The summed E-state index contributed by atoms with van der Waals surface area (Å²) in [6.45, 7) is 0.928. The normalized spacial score (nSPS) is 12.1. The van der Waals surface area contributed by atoms with Gasteiger partial charge in [0.15, 0.2) is 0 Å². The molecule has 2 rings (SSSR count). The minimum absolute atomic E-state index is 0.139. The molecule has 1 aromatic carbocycles. The smallest absolute Gasteiger partial charge is 0.315 e. The third-order valence-corrected chi connectivity index (χ3v) is 3.27. The van der Waals surface area contributed by atoms with Gasteiger partial charge in [-0.15, -0.1) is 0 Å². The Bertz CT molecular complexity index is 538. The Hall–Kier alpha value is -2.27. The number of carbonyl (C=O) groups is 1. The van der Waals surface area contributed by atoms with Crippen molar-refractivity contribution in [2.24, 2.45) is 0 Å². The molecule has 2 aromatic rings. The first-order chi connectivity index (χ1) is 10.2. The number of furan rings is 1. The van der Waals surface area contributed by atoms with Gasteiger partial charge in [-0.3, -0.25) is 0 Å². The molecule has 112 valence electrons. The van der Waals surface area contributed by atoms with Crippen LogP contribution in [0, 0.1) is 0 Å². The molecule has 1 atom stereocenters. The number of nitrogens with one attached hydrogen (secondary N) is 2. The molecule has 0 aliphatic carbocycles. The van der Waals surface area contributed by atoms with Crippen LogP contribution in [0.3, 0.4) is 0 Å². The number of rotatable bonds is 6. The van der Waals surface area contributed by atoms with Crippen molar-refractivity contribution in [3.63, 3.8) is 0 Å². The van der Waals surface area contributed by atoms with Crippen LogP contribution in [0.25, 0.3) is 0 Å². The van der Waals surface area contributed by atoms with E-state index in [1.807, 2.05) is 38.4 Å². The fourth-order valence-electron chi connectivity index (χ4n) is 2.11. The zero-order chi connectivity index (χ0) is 15.1. The lowest BCUT2D eigenvalue weighted by Crippen LogP contribution is -2.40. The molecule has 0 spiro atoms. The zero-order valence-corrected chi connectivity index (χ0v) is 12.4. The third kappa shape index (κ3) is 4.65. The molecule has 1 aromatic heterocycles. The summed E-state index contributed by atoms with van der Waals surface area (Å²) in [6, 6.07) is 13.7. The Kier molecular flexibility index (Phi) is 5.40. The van der Waals surface area contributed by atoms with Crippen molar-refractivity contribution in [3.8, 4) is 0 Å². The van der Waals surface area contributed by atoms with Crippen LogP contribution in [0.15, 0.2) is 53.1 Å². The van der Waals surface area contributed by atoms with E-state index in [1.54, 1.807) is 12.3 Å². The lowest BCUT2D eigenvalue weighted by molar-refractivity contribution is 0.231. The number of hydrogen-bond acceptors (Lipinski definition) is 3. The lowest BCUT2D eigenvalue weighted by Gasteiger charge is -2.25. The maximum absolute atomic E-state index is 11.8. The van der Waals surface area contributed by atoms with Gasteiger partial charge in [0.05, 0.1) is 18.8 Å². The van der Waals surface area contributed by atoms with Gasteiger partial charge >= 0.3 is 6.03 Å². The summed E-state index contributed by atoms with van der Waals surface area (Å²) in [4.78, 5) is 13.9. The second-order valence-corrected chi connectivity index (χ2v) is 5.03. The number of urea groups is 1. The average Bonchev–Trinajstić information content (AvgIpc) is 2.99. The zero-order valence-electron chi connectivity index (χ0n) is 12.4. The summed E-state index contributed by atoms with van der Waals surface area (Å²) in [6.07, 6.45) is 1.59. The Labute approximate surface area is 124 Å². The van der Waals surface area contributed by atoms with Gasteiger partial charge in [-0.1, -0.05) is 30.3 Å². The number of benzene rings is 1. The van der Waals surface area contributed by atoms with Crippen molar-refractivity contribution in [1.29, 1.82) is 0 Å². The summed E-state index contributed by atoms with van der Waals surface area (Å²) >= 11 is 0. The number of likely N-dealkylation sites (N-methyl/N-ethyl adjacent to an activating group) is 1. The number of amides is 2. The van der Waals surface area contributed by atoms with Gasteiger partial charge in [0, 0.05) is 6.54 Å². The van der Waals surface area contributed by atoms with Gasteiger partial charge in [0.1, 0.15) is 5.76 Å². The number of hydrogen-bond donors (Lipinski definition) is 2. The first kappa shape index (κ1) is 15.1. The van der Waals surface area contributed by atoms with Crippen LogP contribution in [-0.4, -0.2) is 31.6 Å². The molecule has 5 nitrogen and oxygen atoms in total. The molecule has 2 amide bonds. The maximum atomic E-state index is 11.8. The Morgan fingerprint density at radius 1 is 1.14 bits per heavy atom. The Balaban J connectivity index is 1.83. The predicted octanol–water partition coefficient (Wildman–Crippen LogP) is 2.38. The van der Waals surface area contributed by atoms with Gasteiger partial charge in [-0.25, -0.2) is 4.79 Å². The molecule has 0 bridgehead atoms. The first-order valence-corrected chi connectivity index (χ1v) is 6.92. The van der Waals surface area contributed by atoms with E-state index in [0.717, 1.165) is 5.76 Å². The SMILES string of the molecule is CN(C)C(CNC(=O)NCc1ccco1)c1ccccc1. The van der Waals surface area contributed by atoms with Crippen LogP contribution in [0.2, 0.25) is 0 Å². The summed E-state index contributed by atoms with van der Waals surface area (Å²) in [7, 11) is 4.00. The summed E-state index contributed by atoms with van der Waals surface area (Å²) in [5.41, 5.74) is 1.17. The molecule has 0 saturated carbocycles. The highest BCUT2D eigenvalue weighted by molar-refractivity contribution is 5.73. The molecule has 0 radical (unpaired) electrons. The molecule has 2 N–H and O–H groups in total. The van der Waals surface area contributed by atoms with Gasteiger partial charge in [-0.2, -0.15) is 0 Å². The van der Waals surface area contributed by atoms with E-state index < -0.39 is 0 Å². The predicted molar refractivity (Wildman–Crippen MR) is 81.8 cm³/mol. The van der Waals surface area contributed by atoms with Gasteiger partial charge in [0.2, 0.25) is 0 Å². The van der Waals surface area contributed by atoms with E-state index >= 15 is 0 Å². The molecular weight excluding hydrogens is 266 g/mol. The van der Waals surface area contributed by atoms with Gasteiger partial charge < -0.3 is 20.0 Å². The second kappa shape index (κ2) is 7.50. The van der Waals surface area contributed by atoms with E-state index in [1.165, 1.54) is 5.56 Å². The van der Waals surface area contributed by atoms with Crippen molar-refractivity contribution in [2.75, 3.05) is 20.6 Å². The first-order valence-electron chi connectivity index (χ1n) is 6.92. The average molecular weight is 287 g/mol. The van der Waals surface area contributed by atoms with Crippen LogP contribution < -0.4 is 10.6 Å². The molecule has 0 aliphatic rings. The van der Waals surface area contributed by atoms with Crippen molar-refractivity contribution < 1.29 is 9.21 Å². The molecule has 1 heterocycles. The van der Waals surface area contributed by atoms with Crippen molar-refractivity contribution in [2.45, 2.75) is 12.6 Å². The quantitative estimate of drug-likeness (QED) is 0.857. The van der Waals surface area contributed by atoms with E-state index in [4.69, 9.17) is 4.42 Å². The maximum Gasteiger partial charge on any atom is 0.315 e. The molecule has 21 heavy (non-hydrogen) atoms. The second-order valence-electron chi connectivity index (χ2n) is 5.03. The summed E-state index contributed by atoms with van der Waals surface area (Å²) in [5.74, 6) is 0.734. The van der Waals surface area contributed by atoms with Gasteiger partial charge in [-0.05, 0) is 31.8 Å². The van der Waals surface area contributed by atoms with Crippen LogP contribution in [-0.2, 0) is 6.54 Å². The fourth-order valence-corrected chi connectivity index (χ4v) is 2.11. The third-order valence-electron chi connectivity index (χ3n) is 3.27. The van der Waals surface area contributed by atoms with Crippen molar-refractivity contribution in [1.82, 2.24) is 15.5 Å². The van der Waals surface area contributed by atoms with E-state index in [2.05, 4.69) is 27.7 Å². The minimum Gasteiger partial charge on any atom is -0.467 e. The highest BCUT2D eigenvalue weighted by Gasteiger charge is 2.14. The van der Waals surface area contributed by atoms with Crippen LogP contribution in [0.4, 0.5) is 4.79 Å². The highest BCUT2D eigenvalue weighted by Crippen LogP contribution is 2.16. The molecule has 0 saturated heterocycles. The fraction of sp³-hybridized carbons (Fsp3) is 0.312. The highest BCUT2D eigenvalue weighted by atomic mass is 16.3.